The second-order valence-corrected chi connectivity index (χ2v) is 4.06. The maximum Gasteiger partial charge on any atom is 1.00 e. The minimum absolute atomic E-state index is 0. The Balaban J connectivity index is 0.00000361. The smallest absolute Gasteiger partial charge is 0.548 e. The molecule has 0 aliphatic carbocycles. The first-order chi connectivity index (χ1) is 9.02. The molecule has 1 rings (SSSR count). The molecule has 1 N–H and O–H groups in total. The van der Waals surface area contributed by atoms with Gasteiger partial charge in [0.25, 0.3) is 0 Å². The van der Waals surface area contributed by atoms with E-state index in [0.29, 0.717) is 5.70 Å². The van der Waals surface area contributed by atoms with Gasteiger partial charge in [-0.05, 0) is 18.9 Å². The van der Waals surface area contributed by atoms with Gasteiger partial charge in [-0.1, -0.05) is 30.3 Å². The van der Waals surface area contributed by atoms with E-state index in [1.165, 1.54) is 13.2 Å². The van der Waals surface area contributed by atoms with Crippen LogP contribution in [-0.4, -0.2) is 25.1 Å². The Labute approximate surface area is 160 Å². The van der Waals surface area contributed by atoms with Crippen molar-refractivity contribution in [3.8, 4) is 0 Å². The zero-order chi connectivity index (χ0) is 14.3. The van der Waals surface area contributed by atoms with E-state index in [2.05, 4.69) is 10.1 Å². The first kappa shape index (κ1) is 19.3. The van der Waals surface area contributed by atoms with E-state index in [-0.39, 0.29) is 57.8 Å². The molecule has 0 unspecified atom stereocenters. The molecular formula is C14H16KNO4. The summed E-state index contributed by atoms with van der Waals surface area (Å²) in [4.78, 5) is 22.1. The van der Waals surface area contributed by atoms with Crippen LogP contribution in [0.1, 0.15) is 12.5 Å². The van der Waals surface area contributed by atoms with Crippen molar-refractivity contribution < 1.29 is 70.8 Å². The predicted molar refractivity (Wildman–Crippen MR) is 67.8 cm³/mol. The number of aliphatic carboxylic acids is 1. The van der Waals surface area contributed by atoms with Gasteiger partial charge in [-0.2, -0.15) is 0 Å². The largest absolute Gasteiger partial charge is 1.00 e. The number of hydrogen-bond acceptors (Lipinski definition) is 5. The quantitative estimate of drug-likeness (QED) is 0.345. The monoisotopic (exact) mass is 301 g/mol. The van der Waals surface area contributed by atoms with E-state index in [0.717, 1.165) is 5.56 Å². The van der Waals surface area contributed by atoms with Crippen LogP contribution in [0.3, 0.4) is 0 Å². The fraction of sp³-hybridized carbons (Fsp3) is 0.286. The zero-order valence-electron chi connectivity index (χ0n) is 11.9. The molecule has 1 aromatic carbocycles. The molecule has 5 nitrogen and oxygen atoms in total. The number of ether oxygens (including phenoxy) is 1. The Bertz CT molecular complexity index is 473. The summed E-state index contributed by atoms with van der Waals surface area (Å²) in [6.07, 6.45) is 1.47. The second kappa shape index (κ2) is 10.1. The summed E-state index contributed by atoms with van der Waals surface area (Å²) in [6, 6.07) is 8.28. The molecule has 20 heavy (non-hydrogen) atoms. The summed E-state index contributed by atoms with van der Waals surface area (Å²) in [6.45, 7) is 1.60. The molecule has 0 saturated carbocycles. The molecule has 0 radical (unpaired) electrons. The molecule has 1 atom stereocenters. The topological polar surface area (TPSA) is 78.5 Å². The molecular weight excluding hydrogens is 285 g/mol. The summed E-state index contributed by atoms with van der Waals surface area (Å²) in [7, 11) is 1.26. The maximum atomic E-state index is 11.1. The van der Waals surface area contributed by atoms with Gasteiger partial charge in [0.15, 0.2) is 0 Å². The van der Waals surface area contributed by atoms with Crippen LogP contribution >= 0.6 is 0 Å². The first-order valence-corrected chi connectivity index (χ1v) is 5.80. The van der Waals surface area contributed by atoms with Crippen molar-refractivity contribution in [2.24, 2.45) is 0 Å². The number of benzene rings is 1. The first-order valence-electron chi connectivity index (χ1n) is 5.80. The number of allylic oxidation sites excluding steroid dienone is 1. The van der Waals surface area contributed by atoms with E-state index in [1.54, 1.807) is 6.92 Å². The van der Waals surface area contributed by atoms with Crippen LogP contribution in [0.5, 0.6) is 0 Å². The molecule has 1 aromatic rings. The Morgan fingerprint density at radius 2 is 1.95 bits per heavy atom. The van der Waals surface area contributed by atoms with Gasteiger partial charge >= 0.3 is 57.4 Å². The Morgan fingerprint density at radius 3 is 2.45 bits per heavy atom. The van der Waals surface area contributed by atoms with E-state index in [1.807, 2.05) is 30.3 Å². The fourth-order valence-electron chi connectivity index (χ4n) is 1.60. The average Bonchev–Trinajstić information content (AvgIpc) is 2.38. The second-order valence-electron chi connectivity index (χ2n) is 4.06. The molecule has 0 aromatic heterocycles. The molecule has 0 heterocycles. The molecule has 6 heteroatoms. The van der Waals surface area contributed by atoms with Crippen molar-refractivity contribution in [2.45, 2.75) is 19.4 Å². The van der Waals surface area contributed by atoms with Crippen molar-refractivity contribution >= 4 is 11.9 Å². The van der Waals surface area contributed by atoms with Gasteiger partial charge in [0.1, 0.15) is 0 Å². The van der Waals surface area contributed by atoms with Gasteiger partial charge in [-0.3, -0.25) is 0 Å². The van der Waals surface area contributed by atoms with E-state index < -0.39 is 18.0 Å². The van der Waals surface area contributed by atoms with Crippen molar-refractivity contribution in [3.63, 3.8) is 0 Å². The van der Waals surface area contributed by atoms with Crippen LogP contribution in [0.2, 0.25) is 0 Å². The SMILES string of the molecule is COC(=O)C=C(C)N[C@H](Cc1ccccc1)C(=O)[O-].[K+]. The number of carboxylic acid groups (broad SMARTS) is 1. The number of carbonyl (C=O) groups excluding carboxylic acids is 2. The molecule has 0 saturated heterocycles. The number of nitrogens with one attached hydrogen (secondary N) is 1. The number of hydrogen-bond donors (Lipinski definition) is 1. The molecule has 102 valence electrons. The van der Waals surface area contributed by atoms with Crippen LogP contribution in [0.4, 0.5) is 0 Å². The zero-order valence-corrected chi connectivity index (χ0v) is 15.0. The van der Waals surface area contributed by atoms with Gasteiger partial charge in [0.05, 0.1) is 19.1 Å². The van der Waals surface area contributed by atoms with Crippen molar-refractivity contribution in [2.75, 3.05) is 7.11 Å². The predicted octanol–water partition coefficient (Wildman–Crippen LogP) is -2.98. The minimum Gasteiger partial charge on any atom is -0.548 e. The van der Waals surface area contributed by atoms with Crippen molar-refractivity contribution in [1.29, 1.82) is 0 Å². The third-order valence-corrected chi connectivity index (χ3v) is 2.50. The Hall–Kier alpha value is -0.664. The molecule has 0 aliphatic heterocycles. The van der Waals surface area contributed by atoms with Gasteiger partial charge in [-0.15, -0.1) is 0 Å². The van der Waals surface area contributed by atoms with Crippen LogP contribution in [0.15, 0.2) is 42.1 Å². The third kappa shape index (κ3) is 7.21. The molecule has 0 fully saturated rings. The number of esters is 1. The molecule has 0 aliphatic rings. The summed E-state index contributed by atoms with van der Waals surface area (Å²) in [5, 5.41) is 13.8. The van der Waals surface area contributed by atoms with Gasteiger partial charge in [-0.25, -0.2) is 4.79 Å². The number of rotatable bonds is 6. The van der Waals surface area contributed by atoms with Crippen LogP contribution in [-0.2, 0) is 20.7 Å². The van der Waals surface area contributed by atoms with Crippen LogP contribution < -0.4 is 61.8 Å². The Morgan fingerprint density at radius 1 is 1.35 bits per heavy atom. The van der Waals surface area contributed by atoms with E-state index >= 15 is 0 Å². The minimum atomic E-state index is -1.22. The average molecular weight is 301 g/mol. The maximum absolute atomic E-state index is 11.1. The van der Waals surface area contributed by atoms with Crippen LogP contribution in [0, 0.1) is 0 Å². The number of carbonyl (C=O) groups is 2. The summed E-state index contributed by atoms with van der Waals surface area (Å²) >= 11 is 0. The summed E-state index contributed by atoms with van der Waals surface area (Å²) in [5.41, 5.74) is 1.28. The Kier molecular flexibility index (Phi) is 9.78. The van der Waals surface area contributed by atoms with E-state index in [4.69, 9.17) is 0 Å². The fourth-order valence-corrected chi connectivity index (χ4v) is 1.60. The van der Waals surface area contributed by atoms with Gasteiger partial charge in [0, 0.05) is 11.8 Å². The summed E-state index contributed by atoms with van der Waals surface area (Å²) in [5.74, 6) is -1.76. The summed E-state index contributed by atoms with van der Waals surface area (Å²) < 4.78 is 4.46. The molecule has 0 amide bonds. The normalized spacial score (nSPS) is 12.0. The molecule has 0 bridgehead atoms. The third-order valence-electron chi connectivity index (χ3n) is 2.50. The van der Waals surface area contributed by atoms with Gasteiger partial charge in [0.2, 0.25) is 0 Å². The van der Waals surface area contributed by atoms with E-state index in [9.17, 15) is 14.7 Å². The van der Waals surface area contributed by atoms with Gasteiger partial charge < -0.3 is 20.0 Å². The standard InChI is InChI=1S/C14H17NO4.K/c1-10(8-13(16)19-2)15-12(14(17)18)9-11-6-4-3-5-7-11;/h3-8,12,15H,9H2,1-2H3,(H,17,18);/q;+1/p-1/t12-;/m1./s1. The molecule has 0 spiro atoms. The van der Waals surface area contributed by atoms with Crippen molar-refractivity contribution in [1.82, 2.24) is 5.32 Å². The number of methoxy groups -OCH3 is 1. The van der Waals surface area contributed by atoms with Crippen molar-refractivity contribution in [3.05, 3.63) is 47.7 Å². The number of carboxylic acids is 1. The van der Waals surface area contributed by atoms with Crippen LogP contribution in [0.25, 0.3) is 0 Å².